The molecule has 2 aromatic rings. The summed E-state index contributed by atoms with van der Waals surface area (Å²) in [6, 6.07) is 6.11. The molecule has 6 nitrogen and oxygen atoms in total. The van der Waals surface area contributed by atoms with Crippen molar-refractivity contribution in [3.63, 3.8) is 0 Å². The number of carboxylic acid groups (broad SMARTS) is 1. The van der Waals surface area contributed by atoms with Crippen LogP contribution < -0.4 is 14.6 Å². The lowest BCUT2D eigenvalue weighted by Gasteiger charge is -2.40. The molecule has 0 radical (unpaired) electrons. The first-order valence-electron chi connectivity index (χ1n) is 7.27. The number of ether oxygens (including phenoxy) is 2. The van der Waals surface area contributed by atoms with Crippen molar-refractivity contribution < 1.29 is 24.2 Å². The van der Waals surface area contributed by atoms with Gasteiger partial charge in [-0.2, -0.15) is 0 Å². The quantitative estimate of drug-likeness (QED) is 0.837. The minimum Gasteiger partial charge on any atom is -0.549 e. The number of likely N-dealkylation sites (N-methyl/N-ethyl adjacent to an activating group) is 1. The Kier molecular flexibility index (Phi) is 4.19. The van der Waals surface area contributed by atoms with Gasteiger partial charge in [-0.15, -0.1) is 11.3 Å². The average molecular weight is 346 g/mol. The van der Waals surface area contributed by atoms with E-state index < -0.39 is 17.9 Å². The number of nitrogens with zero attached hydrogens (tertiary/aromatic N) is 1. The van der Waals surface area contributed by atoms with Crippen LogP contribution in [-0.2, 0) is 4.79 Å². The second-order valence-electron chi connectivity index (χ2n) is 5.47. The van der Waals surface area contributed by atoms with E-state index in [9.17, 15) is 14.7 Å². The number of carbonyl (C=O) groups excluding carboxylic acids is 2. The number of benzene rings is 1. The maximum absolute atomic E-state index is 12.8. The average Bonchev–Trinajstić information content (AvgIpc) is 3.10. The van der Waals surface area contributed by atoms with Crippen molar-refractivity contribution in [1.82, 2.24) is 4.90 Å². The number of rotatable bonds is 4. The number of carboxylic acids is 1. The van der Waals surface area contributed by atoms with E-state index in [0.29, 0.717) is 17.1 Å². The zero-order valence-corrected chi connectivity index (χ0v) is 14.3. The number of amides is 1. The Morgan fingerprint density at radius 2 is 1.92 bits per heavy atom. The molecule has 0 N–H and O–H groups in total. The topological polar surface area (TPSA) is 78.9 Å². The fourth-order valence-corrected chi connectivity index (χ4v) is 4.02. The maximum atomic E-state index is 12.8. The first-order valence-corrected chi connectivity index (χ1v) is 8.15. The minimum atomic E-state index is -1.23. The molecule has 2 unspecified atom stereocenters. The van der Waals surface area contributed by atoms with Crippen LogP contribution in [0.1, 0.15) is 32.8 Å². The van der Waals surface area contributed by atoms with Gasteiger partial charge in [-0.1, -0.05) is 6.07 Å². The number of thiophene rings is 1. The zero-order valence-electron chi connectivity index (χ0n) is 13.4. The molecule has 2 heterocycles. The molecule has 1 aromatic heterocycles. The predicted octanol–water partition coefficient (Wildman–Crippen LogP) is 1.43. The first-order chi connectivity index (χ1) is 11.5. The largest absolute Gasteiger partial charge is 0.549 e. The predicted molar refractivity (Wildman–Crippen MR) is 86.4 cm³/mol. The van der Waals surface area contributed by atoms with Gasteiger partial charge in [-0.25, -0.2) is 0 Å². The molecule has 0 saturated carbocycles. The fraction of sp³-hybridized carbons (Fsp3) is 0.294. The van der Waals surface area contributed by atoms with Gasteiger partial charge in [0, 0.05) is 17.5 Å². The van der Waals surface area contributed by atoms with Gasteiger partial charge in [0.1, 0.15) is 0 Å². The molecule has 1 amide bonds. The van der Waals surface area contributed by atoms with Crippen LogP contribution in [0.4, 0.5) is 0 Å². The van der Waals surface area contributed by atoms with Gasteiger partial charge in [-0.3, -0.25) is 4.79 Å². The molecule has 1 aliphatic rings. The molecule has 1 aromatic carbocycles. The monoisotopic (exact) mass is 346 g/mol. The highest BCUT2D eigenvalue weighted by Crippen LogP contribution is 2.46. The summed E-state index contributed by atoms with van der Waals surface area (Å²) in [4.78, 5) is 26.9. The van der Waals surface area contributed by atoms with Crippen LogP contribution in [0.5, 0.6) is 11.5 Å². The van der Waals surface area contributed by atoms with E-state index in [2.05, 4.69) is 0 Å². The smallest absolute Gasteiger partial charge is 0.254 e. The van der Waals surface area contributed by atoms with Crippen molar-refractivity contribution in [3.05, 3.63) is 45.6 Å². The van der Waals surface area contributed by atoms with Crippen LogP contribution in [0.15, 0.2) is 29.6 Å². The lowest BCUT2D eigenvalue weighted by atomic mass is 9.82. The van der Waals surface area contributed by atoms with Crippen LogP contribution >= 0.6 is 11.3 Å². The zero-order chi connectivity index (χ0) is 17.4. The number of hydrogen-bond donors (Lipinski definition) is 0. The summed E-state index contributed by atoms with van der Waals surface area (Å²) >= 11 is 1.41. The Morgan fingerprint density at radius 3 is 2.46 bits per heavy atom. The molecule has 0 aliphatic carbocycles. The highest BCUT2D eigenvalue weighted by molar-refractivity contribution is 7.10. The third-order valence-electron chi connectivity index (χ3n) is 4.26. The second-order valence-corrected chi connectivity index (χ2v) is 6.45. The Hall–Kier alpha value is -2.54. The van der Waals surface area contributed by atoms with Crippen LogP contribution in [0, 0.1) is 0 Å². The highest BCUT2D eigenvalue weighted by atomic mass is 32.1. The summed E-state index contributed by atoms with van der Waals surface area (Å²) in [6.07, 6.45) is 0. The number of carbonyl (C=O) groups is 2. The van der Waals surface area contributed by atoms with Gasteiger partial charge in [0.15, 0.2) is 11.5 Å². The summed E-state index contributed by atoms with van der Waals surface area (Å²) in [7, 11) is 4.53. The van der Waals surface area contributed by atoms with Gasteiger partial charge < -0.3 is 24.3 Å². The molecular weight excluding hydrogens is 330 g/mol. The van der Waals surface area contributed by atoms with Gasteiger partial charge in [0.2, 0.25) is 0 Å². The number of aliphatic carboxylic acids is 1. The summed E-state index contributed by atoms with van der Waals surface area (Å²) < 4.78 is 10.5. The van der Waals surface area contributed by atoms with Crippen LogP contribution in [-0.4, -0.2) is 38.0 Å². The molecule has 3 rings (SSSR count). The third kappa shape index (κ3) is 2.41. The maximum Gasteiger partial charge on any atom is 0.254 e. The molecule has 1 aliphatic heterocycles. The van der Waals surface area contributed by atoms with E-state index in [-0.39, 0.29) is 11.5 Å². The number of methoxy groups -OCH3 is 2. The van der Waals surface area contributed by atoms with Crippen molar-refractivity contribution >= 4 is 23.2 Å². The molecule has 2 atom stereocenters. The summed E-state index contributed by atoms with van der Waals surface area (Å²) in [5, 5.41) is 13.8. The van der Waals surface area contributed by atoms with Crippen LogP contribution in [0.3, 0.4) is 0 Å². The van der Waals surface area contributed by atoms with Crippen LogP contribution in [0.2, 0.25) is 0 Å². The first kappa shape index (κ1) is 16.3. The molecule has 7 heteroatoms. The Bertz CT molecular complexity index is 787. The number of fused-ring (bicyclic) bond motifs is 1. The van der Waals surface area contributed by atoms with Gasteiger partial charge in [0.25, 0.3) is 5.91 Å². The minimum absolute atomic E-state index is 0.262. The second kappa shape index (κ2) is 6.16. The molecule has 0 bridgehead atoms. The normalized spacial score (nSPS) is 19.8. The van der Waals surface area contributed by atoms with Crippen molar-refractivity contribution in [2.75, 3.05) is 21.3 Å². The van der Waals surface area contributed by atoms with E-state index in [1.165, 1.54) is 36.5 Å². The Labute approximate surface area is 143 Å². The third-order valence-corrected chi connectivity index (χ3v) is 5.21. The van der Waals surface area contributed by atoms with E-state index in [1.807, 2.05) is 17.5 Å². The summed E-state index contributed by atoms with van der Waals surface area (Å²) in [5.41, 5.74) is 0.673. The van der Waals surface area contributed by atoms with E-state index >= 15 is 0 Å². The molecular formula is C17H16NO5S-. The Balaban J connectivity index is 2.24. The molecule has 0 spiro atoms. The van der Waals surface area contributed by atoms with Crippen molar-refractivity contribution in [2.24, 2.45) is 0 Å². The lowest BCUT2D eigenvalue weighted by Crippen LogP contribution is -2.46. The lowest BCUT2D eigenvalue weighted by molar-refractivity contribution is -0.309. The van der Waals surface area contributed by atoms with Crippen molar-refractivity contribution in [2.45, 2.75) is 12.0 Å². The van der Waals surface area contributed by atoms with Gasteiger partial charge in [-0.05, 0) is 29.1 Å². The Morgan fingerprint density at radius 1 is 1.25 bits per heavy atom. The van der Waals surface area contributed by atoms with E-state index in [0.717, 1.165) is 4.88 Å². The SMILES string of the molecule is COc1cc2c(cc1OC)C(C(=O)[O-])C(c1cccs1)N(C)C2=O. The van der Waals surface area contributed by atoms with Crippen LogP contribution in [0.25, 0.3) is 0 Å². The van der Waals surface area contributed by atoms with E-state index in [1.54, 1.807) is 13.1 Å². The highest BCUT2D eigenvalue weighted by Gasteiger charge is 2.41. The summed E-state index contributed by atoms with van der Waals surface area (Å²) in [5.74, 6) is -1.72. The molecule has 0 saturated heterocycles. The van der Waals surface area contributed by atoms with Gasteiger partial charge in [0.05, 0.1) is 32.1 Å². The number of hydrogen-bond acceptors (Lipinski definition) is 6. The van der Waals surface area contributed by atoms with E-state index in [4.69, 9.17) is 9.47 Å². The fourth-order valence-electron chi connectivity index (χ4n) is 3.12. The van der Waals surface area contributed by atoms with Crippen molar-refractivity contribution in [1.29, 1.82) is 0 Å². The standard InChI is InChI=1S/C17H17NO5S/c1-18-15(13-5-4-6-24-13)14(17(20)21)9-7-11(22-2)12(23-3)8-10(9)16(18)19/h4-8,14-15H,1-3H3,(H,20,21)/p-1. The van der Waals surface area contributed by atoms with Gasteiger partial charge >= 0.3 is 0 Å². The van der Waals surface area contributed by atoms with Crippen molar-refractivity contribution in [3.8, 4) is 11.5 Å². The molecule has 0 fully saturated rings. The molecule has 126 valence electrons. The summed E-state index contributed by atoms with van der Waals surface area (Å²) in [6.45, 7) is 0. The molecule has 24 heavy (non-hydrogen) atoms.